The number of thiophene rings is 1. The van der Waals surface area contributed by atoms with Crippen LogP contribution in [0.3, 0.4) is 0 Å². The van der Waals surface area contributed by atoms with Crippen molar-refractivity contribution in [1.29, 1.82) is 0 Å². The maximum absolute atomic E-state index is 5.44. The van der Waals surface area contributed by atoms with Gasteiger partial charge in [-0.25, -0.2) is 15.8 Å². The maximum Gasteiger partial charge on any atom is 0.172 e. The van der Waals surface area contributed by atoms with Crippen molar-refractivity contribution in [3.63, 3.8) is 0 Å². The van der Waals surface area contributed by atoms with Gasteiger partial charge in [0.25, 0.3) is 0 Å². The molecule has 2 heterocycles. The molecule has 0 aromatic carbocycles. The Balaban J connectivity index is 2.54. The van der Waals surface area contributed by atoms with Gasteiger partial charge in [-0.15, -0.1) is 11.3 Å². The lowest BCUT2D eigenvalue weighted by Gasteiger charge is -2.09. The molecule has 0 bridgehead atoms. The second-order valence-corrected chi connectivity index (χ2v) is 5.15. The van der Waals surface area contributed by atoms with Gasteiger partial charge in [-0.1, -0.05) is 13.8 Å². The summed E-state index contributed by atoms with van der Waals surface area (Å²) in [5.74, 6) is 7.20. The zero-order valence-corrected chi connectivity index (χ0v) is 11.0. The fourth-order valence-corrected chi connectivity index (χ4v) is 2.40. The van der Waals surface area contributed by atoms with Crippen molar-refractivity contribution >= 4 is 17.2 Å². The summed E-state index contributed by atoms with van der Waals surface area (Å²) < 4.78 is 0. The summed E-state index contributed by atoms with van der Waals surface area (Å²) in [6.07, 6.45) is 0. The number of nitrogens with two attached hydrogens (primary N) is 1. The van der Waals surface area contributed by atoms with Crippen molar-refractivity contribution < 1.29 is 0 Å². The predicted octanol–water partition coefficient (Wildman–Crippen LogP) is 2.92. The number of hydrogen-bond donors (Lipinski definition) is 2. The number of hydrazine groups is 1. The second kappa shape index (κ2) is 4.81. The van der Waals surface area contributed by atoms with Gasteiger partial charge in [-0.05, 0) is 29.9 Å². The van der Waals surface area contributed by atoms with E-state index in [9.17, 15) is 0 Å². The van der Waals surface area contributed by atoms with E-state index in [1.807, 2.05) is 11.4 Å². The zero-order valence-electron chi connectivity index (χ0n) is 10.2. The minimum atomic E-state index is 0.351. The van der Waals surface area contributed by atoms with E-state index in [0.717, 1.165) is 16.4 Å². The fourth-order valence-electron chi connectivity index (χ4n) is 1.54. The molecule has 2 aromatic rings. The molecule has 0 amide bonds. The number of anilines is 1. The molecule has 0 saturated carbocycles. The normalized spacial score (nSPS) is 10.9. The Morgan fingerprint density at radius 2 is 2.12 bits per heavy atom. The summed E-state index contributed by atoms with van der Waals surface area (Å²) >= 11 is 1.65. The number of aromatic nitrogens is 2. The van der Waals surface area contributed by atoms with E-state index in [2.05, 4.69) is 42.2 Å². The van der Waals surface area contributed by atoms with Gasteiger partial charge < -0.3 is 5.43 Å². The standard InChI is InChI=1S/C12H16N4S/c1-7(2)9-6-10(16-13)15-12(14-9)11-8(3)4-5-17-11/h4-7H,13H2,1-3H3,(H,14,15,16). The van der Waals surface area contributed by atoms with Gasteiger partial charge in [0.2, 0.25) is 0 Å². The van der Waals surface area contributed by atoms with Gasteiger partial charge in [-0.3, -0.25) is 0 Å². The quantitative estimate of drug-likeness (QED) is 0.647. The van der Waals surface area contributed by atoms with Crippen molar-refractivity contribution in [1.82, 2.24) is 9.97 Å². The average molecular weight is 248 g/mol. The molecular weight excluding hydrogens is 232 g/mol. The first-order valence-corrected chi connectivity index (χ1v) is 6.40. The second-order valence-electron chi connectivity index (χ2n) is 4.23. The van der Waals surface area contributed by atoms with Crippen LogP contribution in [0.4, 0.5) is 5.82 Å². The molecule has 90 valence electrons. The van der Waals surface area contributed by atoms with E-state index in [1.165, 1.54) is 5.56 Å². The van der Waals surface area contributed by atoms with Crippen molar-refractivity contribution in [3.8, 4) is 10.7 Å². The molecule has 0 spiro atoms. The number of rotatable bonds is 3. The topological polar surface area (TPSA) is 63.8 Å². The molecule has 0 radical (unpaired) electrons. The Kier molecular flexibility index (Phi) is 3.40. The lowest BCUT2D eigenvalue weighted by molar-refractivity contribution is 0.817. The Bertz CT molecular complexity index is 519. The molecule has 0 fully saturated rings. The Hall–Kier alpha value is -1.46. The van der Waals surface area contributed by atoms with Crippen LogP contribution in [-0.2, 0) is 0 Å². The molecule has 5 heteroatoms. The number of hydrogen-bond acceptors (Lipinski definition) is 5. The van der Waals surface area contributed by atoms with E-state index in [0.29, 0.717) is 11.7 Å². The third kappa shape index (κ3) is 2.45. The molecule has 0 saturated heterocycles. The highest BCUT2D eigenvalue weighted by Gasteiger charge is 2.11. The van der Waals surface area contributed by atoms with Crippen LogP contribution in [0.15, 0.2) is 17.5 Å². The van der Waals surface area contributed by atoms with Crippen LogP contribution in [0.5, 0.6) is 0 Å². The molecule has 2 aromatic heterocycles. The first-order chi connectivity index (χ1) is 8.11. The predicted molar refractivity (Wildman–Crippen MR) is 72.0 cm³/mol. The van der Waals surface area contributed by atoms with E-state index >= 15 is 0 Å². The molecule has 0 atom stereocenters. The minimum Gasteiger partial charge on any atom is -0.308 e. The average Bonchev–Trinajstić information content (AvgIpc) is 2.74. The lowest BCUT2D eigenvalue weighted by Crippen LogP contribution is -2.11. The summed E-state index contributed by atoms with van der Waals surface area (Å²) in [5, 5.41) is 2.05. The molecule has 0 aliphatic heterocycles. The van der Waals surface area contributed by atoms with Gasteiger partial charge in [0.05, 0.1) is 4.88 Å². The van der Waals surface area contributed by atoms with Gasteiger partial charge in [-0.2, -0.15) is 0 Å². The Morgan fingerprint density at radius 1 is 1.35 bits per heavy atom. The van der Waals surface area contributed by atoms with E-state index in [1.54, 1.807) is 11.3 Å². The van der Waals surface area contributed by atoms with E-state index in [4.69, 9.17) is 5.84 Å². The molecular formula is C12H16N4S. The Labute approximate surface area is 105 Å². The summed E-state index contributed by atoms with van der Waals surface area (Å²) in [6.45, 7) is 6.27. The highest BCUT2D eigenvalue weighted by molar-refractivity contribution is 7.13. The van der Waals surface area contributed by atoms with Crippen LogP contribution in [0, 0.1) is 6.92 Å². The molecule has 0 aliphatic carbocycles. The number of nitrogen functional groups attached to an aromatic ring is 1. The summed E-state index contributed by atoms with van der Waals surface area (Å²) in [4.78, 5) is 10.1. The number of nitrogens with zero attached hydrogens (tertiary/aromatic N) is 2. The summed E-state index contributed by atoms with van der Waals surface area (Å²) in [5.41, 5.74) is 4.79. The van der Waals surface area contributed by atoms with Crippen LogP contribution in [0.2, 0.25) is 0 Å². The molecule has 17 heavy (non-hydrogen) atoms. The SMILES string of the molecule is Cc1ccsc1-c1nc(NN)cc(C(C)C)n1. The van der Waals surface area contributed by atoms with Gasteiger partial charge in [0.15, 0.2) is 5.82 Å². The van der Waals surface area contributed by atoms with Gasteiger partial charge >= 0.3 is 0 Å². The maximum atomic E-state index is 5.44. The minimum absolute atomic E-state index is 0.351. The number of aryl methyl sites for hydroxylation is 1. The highest BCUT2D eigenvalue weighted by atomic mass is 32.1. The van der Waals surface area contributed by atoms with Crippen LogP contribution >= 0.6 is 11.3 Å². The van der Waals surface area contributed by atoms with Crippen LogP contribution < -0.4 is 11.3 Å². The first-order valence-electron chi connectivity index (χ1n) is 5.52. The van der Waals surface area contributed by atoms with Crippen molar-refractivity contribution in [2.75, 3.05) is 5.43 Å². The molecule has 4 nitrogen and oxygen atoms in total. The Morgan fingerprint density at radius 3 is 2.65 bits per heavy atom. The van der Waals surface area contributed by atoms with Crippen LogP contribution in [0.1, 0.15) is 31.0 Å². The molecule has 3 N–H and O–H groups in total. The van der Waals surface area contributed by atoms with Gasteiger partial charge in [0.1, 0.15) is 5.82 Å². The van der Waals surface area contributed by atoms with Crippen molar-refractivity contribution in [2.24, 2.45) is 5.84 Å². The smallest absolute Gasteiger partial charge is 0.172 e. The van der Waals surface area contributed by atoms with Crippen LogP contribution in [-0.4, -0.2) is 9.97 Å². The first kappa shape index (κ1) is 12.0. The molecule has 0 unspecified atom stereocenters. The molecule has 2 rings (SSSR count). The zero-order chi connectivity index (χ0) is 12.4. The third-order valence-electron chi connectivity index (χ3n) is 2.55. The monoisotopic (exact) mass is 248 g/mol. The van der Waals surface area contributed by atoms with E-state index < -0.39 is 0 Å². The number of nitrogens with one attached hydrogen (secondary N) is 1. The van der Waals surface area contributed by atoms with Crippen molar-refractivity contribution in [2.45, 2.75) is 26.7 Å². The molecule has 0 aliphatic rings. The van der Waals surface area contributed by atoms with Gasteiger partial charge in [0, 0.05) is 11.8 Å². The summed E-state index contributed by atoms with van der Waals surface area (Å²) in [7, 11) is 0. The largest absolute Gasteiger partial charge is 0.308 e. The van der Waals surface area contributed by atoms with Crippen LogP contribution in [0.25, 0.3) is 10.7 Å². The highest BCUT2D eigenvalue weighted by Crippen LogP contribution is 2.28. The van der Waals surface area contributed by atoms with Crippen molar-refractivity contribution in [3.05, 3.63) is 28.8 Å². The third-order valence-corrected chi connectivity index (χ3v) is 3.56. The summed E-state index contributed by atoms with van der Waals surface area (Å²) in [6, 6.07) is 3.96. The van der Waals surface area contributed by atoms with E-state index in [-0.39, 0.29) is 0 Å². The fraction of sp³-hybridized carbons (Fsp3) is 0.333. The lowest BCUT2D eigenvalue weighted by atomic mass is 10.1.